The summed E-state index contributed by atoms with van der Waals surface area (Å²) in [5.74, 6) is -0.585. The SMILES string of the molecule is CN1CC=C(c2cn(S(=O)(=O)c3ccc(F)cc3)c3ccc(C(F)(F)F)cc23)CC1.Cl. The maximum Gasteiger partial charge on any atom is 0.416 e. The number of likely N-dealkylation sites (N-methyl/N-ethyl adjacent to an activating group) is 1. The van der Waals surface area contributed by atoms with E-state index in [2.05, 4.69) is 4.90 Å². The Labute approximate surface area is 183 Å². The minimum absolute atomic E-state index is 0. The molecule has 0 saturated heterocycles. The van der Waals surface area contributed by atoms with Gasteiger partial charge in [0.05, 0.1) is 16.0 Å². The summed E-state index contributed by atoms with van der Waals surface area (Å²) in [5, 5.41) is 0.214. The molecule has 1 aromatic heterocycles. The average Bonchev–Trinajstić information content (AvgIpc) is 3.08. The zero-order chi connectivity index (χ0) is 21.7. The molecule has 0 unspecified atom stereocenters. The Morgan fingerprint density at radius 1 is 1.03 bits per heavy atom. The molecule has 0 bridgehead atoms. The molecule has 0 amide bonds. The van der Waals surface area contributed by atoms with Crippen molar-refractivity contribution in [2.75, 3.05) is 20.1 Å². The quantitative estimate of drug-likeness (QED) is 0.491. The maximum atomic E-state index is 13.3. The van der Waals surface area contributed by atoms with Crippen LogP contribution in [0.3, 0.4) is 0 Å². The summed E-state index contributed by atoms with van der Waals surface area (Å²) >= 11 is 0. The van der Waals surface area contributed by atoms with Gasteiger partial charge in [0.2, 0.25) is 0 Å². The zero-order valence-electron chi connectivity index (χ0n) is 16.4. The Hall–Kier alpha value is -2.36. The van der Waals surface area contributed by atoms with E-state index in [0.29, 0.717) is 25.1 Å². The van der Waals surface area contributed by atoms with Gasteiger partial charge in [-0.1, -0.05) is 6.08 Å². The van der Waals surface area contributed by atoms with Crippen molar-refractivity contribution in [1.82, 2.24) is 8.87 Å². The van der Waals surface area contributed by atoms with Crippen molar-refractivity contribution in [1.29, 1.82) is 0 Å². The van der Waals surface area contributed by atoms with E-state index in [4.69, 9.17) is 0 Å². The number of rotatable bonds is 3. The summed E-state index contributed by atoms with van der Waals surface area (Å²) in [5.41, 5.74) is 0.546. The van der Waals surface area contributed by atoms with Gasteiger partial charge in [0, 0.05) is 30.2 Å². The van der Waals surface area contributed by atoms with Gasteiger partial charge in [0.1, 0.15) is 5.82 Å². The first-order chi connectivity index (χ1) is 14.1. The lowest BCUT2D eigenvalue weighted by Gasteiger charge is -2.21. The minimum Gasteiger partial charge on any atom is -0.302 e. The van der Waals surface area contributed by atoms with E-state index >= 15 is 0 Å². The van der Waals surface area contributed by atoms with Crippen molar-refractivity contribution in [3.8, 4) is 0 Å². The highest BCUT2D eigenvalue weighted by atomic mass is 35.5. The molecule has 0 radical (unpaired) electrons. The molecular weight excluding hydrogens is 456 g/mol. The van der Waals surface area contributed by atoms with Crippen LogP contribution in [0.1, 0.15) is 17.5 Å². The molecule has 0 atom stereocenters. The summed E-state index contributed by atoms with van der Waals surface area (Å²) < 4.78 is 80.5. The Balaban J connectivity index is 0.00000272. The molecule has 0 N–H and O–H groups in total. The molecule has 0 fully saturated rings. The van der Waals surface area contributed by atoms with Gasteiger partial charge < -0.3 is 4.90 Å². The van der Waals surface area contributed by atoms with Gasteiger partial charge in [0.15, 0.2) is 0 Å². The van der Waals surface area contributed by atoms with E-state index in [-0.39, 0.29) is 28.2 Å². The summed E-state index contributed by atoms with van der Waals surface area (Å²) in [6.07, 6.45) is -0.707. The Morgan fingerprint density at radius 2 is 1.71 bits per heavy atom. The first-order valence-electron chi connectivity index (χ1n) is 9.19. The van der Waals surface area contributed by atoms with Crippen LogP contribution in [0.25, 0.3) is 16.5 Å². The molecule has 1 aliphatic rings. The fraction of sp³-hybridized carbons (Fsp3) is 0.238. The summed E-state index contributed by atoms with van der Waals surface area (Å²) in [6, 6.07) is 7.34. The topological polar surface area (TPSA) is 42.3 Å². The molecule has 2 aromatic carbocycles. The van der Waals surface area contributed by atoms with E-state index in [0.717, 1.165) is 52.0 Å². The van der Waals surface area contributed by atoms with Crippen LogP contribution < -0.4 is 0 Å². The highest BCUT2D eigenvalue weighted by Crippen LogP contribution is 2.37. The van der Waals surface area contributed by atoms with E-state index < -0.39 is 27.6 Å². The van der Waals surface area contributed by atoms with Crippen molar-refractivity contribution in [3.05, 3.63) is 71.7 Å². The van der Waals surface area contributed by atoms with Crippen LogP contribution in [0.5, 0.6) is 0 Å². The van der Waals surface area contributed by atoms with Gasteiger partial charge in [-0.2, -0.15) is 13.2 Å². The molecule has 3 aromatic rings. The third-order valence-electron chi connectivity index (χ3n) is 5.23. The number of aromatic nitrogens is 1. The highest BCUT2D eigenvalue weighted by Gasteiger charge is 2.32. The van der Waals surface area contributed by atoms with Crippen molar-refractivity contribution < 1.29 is 26.0 Å². The number of nitrogens with zero attached hydrogens (tertiary/aromatic N) is 2. The first-order valence-corrected chi connectivity index (χ1v) is 10.6. The van der Waals surface area contributed by atoms with Gasteiger partial charge in [-0.3, -0.25) is 0 Å². The minimum atomic E-state index is -4.55. The number of benzene rings is 2. The van der Waals surface area contributed by atoms with Crippen molar-refractivity contribution in [3.63, 3.8) is 0 Å². The fourth-order valence-electron chi connectivity index (χ4n) is 3.57. The molecule has 10 heteroatoms. The largest absolute Gasteiger partial charge is 0.416 e. The van der Waals surface area contributed by atoms with Crippen LogP contribution in [-0.2, 0) is 16.2 Å². The number of halogens is 5. The van der Waals surface area contributed by atoms with Crippen LogP contribution in [0.2, 0.25) is 0 Å². The lowest BCUT2D eigenvalue weighted by molar-refractivity contribution is -0.137. The van der Waals surface area contributed by atoms with Gasteiger partial charge in [-0.25, -0.2) is 16.8 Å². The predicted molar refractivity (Wildman–Crippen MR) is 113 cm³/mol. The second-order valence-corrected chi connectivity index (χ2v) is 9.08. The molecule has 0 saturated carbocycles. The fourth-order valence-corrected chi connectivity index (χ4v) is 4.94. The normalized spacial score (nSPS) is 15.6. The van der Waals surface area contributed by atoms with Gasteiger partial charge in [0.25, 0.3) is 10.0 Å². The monoisotopic (exact) mass is 474 g/mol. The second-order valence-electron chi connectivity index (χ2n) is 7.27. The Morgan fingerprint density at radius 3 is 2.29 bits per heavy atom. The summed E-state index contributed by atoms with van der Waals surface area (Å²) in [7, 11) is -2.20. The first kappa shape index (κ1) is 23.3. The van der Waals surface area contributed by atoms with E-state index in [1.165, 1.54) is 6.20 Å². The number of hydrogen-bond donors (Lipinski definition) is 0. The highest BCUT2D eigenvalue weighted by molar-refractivity contribution is 7.90. The molecule has 31 heavy (non-hydrogen) atoms. The maximum absolute atomic E-state index is 13.3. The van der Waals surface area contributed by atoms with E-state index in [1.54, 1.807) is 0 Å². The van der Waals surface area contributed by atoms with Crippen LogP contribution in [-0.4, -0.2) is 37.4 Å². The van der Waals surface area contributed by atoms with Gasteiger partial charge in [-0.15, -0.1) is 12.4 Å². The molecule has 0 aliphatic carbocycles. The summed E-state index contributed by atoms with van der Waals surface area (Å²) in [4.78, 5) is 1.91. The van der Waals surface area contributed by atoms with E-state index in [1.807, 2.05) is 13.1 Å². The van der Waals surface area contributed by atoms with Gasteiger partial charge in [-0.05, 0) is 61.5 Å². The van der Waals surface area contributed by atoms with Crippen LogP contribution in [0.4, 0.5) is 17.6 Å². The van der Waals surface area contributed by atoms with Crippen molar-refractivity contribution in [2.24, 2.45) is 0 Å². The molecule has 0 spiro atoms. The molecule has 166 valence electrons. The van der Waals surface area contributed by atoms with Crippen molar-refractivity contribution in [2.45, 2.75) is 17.5 Å². The van der Waals surface area contributed by atoms with Gasteiger partial charge >= 0.3 is 6.18 Å². The molecule has 4 rings (SSSR count). The standard InChI is InChI=1S/C21H18F4N2O2S.ClH/c1-26-10-8-14(9-11-26)19-13-27(30(28,29)17-5-3-16(22)4-6-17)20-7-2-15(12-18(19)20)21(23,24)25;/h2-8,12-13H,9-11H2,1H3;1H. The second kappa shape index (κ2) is 8.29. The molecule has 4 nitrogen and oxygen atoms in total. The third-order valence-corrected chi connectivity index (χ3v) is 6.91. The smallest absolute Gasteiger partial charge is 0.302 e. The lowest BCUT2D eigenvalue weighted by Crippen LogP contribution is -2.23. The van der Waals surface area contributed by atoms with Crippen molar-refractivity contribution >= 4 is 38.9 Å². The Kier molecular flexibility index (Phi) is 6.23. The number of alkyl halides is 3. The summed E-state index contributed by atoms with van der Waals surface area (Å²) in [6.45, 7) is 1.33. The molecule has 1 aliphatic heterocycles. The van der Waals surface area contributed by atoms with E-state index in [9.17, 15) is 26.0 Å². The molecular formula is C21H19ClF4N2O2S. The van der Waals surface area contributed by atoms with Crippen LogP contribution in [0, 0.1) is 5.82 Å². The third kappa shape index (κ3) is 4.35. The average molecular weight is 475 g/mol. The lowest BCUT2D eigenvalue weighted by atomic mass is 9.98. The zero-order valence-corrected chi connectivity index (χ0v) is 18.0. The molecule has 2 heterocycles. The number of hydrogen-bond acceptors (Lipinski definition) is 3. The number of fused-ring (bicyclic) bond motifs is 1. The van der Waals surface area contributed by atoms with Crippen LogP contribution in [0.15, 0.2) is 59.6 Å². The Bertz CT molecular complexity index is 1250. The predicted octanol–water partition coefficient (Wildman–Crippen LogP) is 5.18. The van der Waals surface area contributed by atoms with Crippen LogP contribution >= 0.6 is 12.4 Å².